The van der Waals surface area contributed by atoms with E-state index in [1.807, 2.05) is 61.5 Å². The first kappa shape index (κ1) is 30.4. The number of carboxylic acid groups (broad SMARTS) is 1. The summed E-state index contributed by atoms with van der Waals surface area (Å²) in [4.78, 5) is 28.4. The van der Waals surface area contributed by atoms with Crippen LogP contribution in [0.2, 0.25) is 0 Å². The van der Waals surface area contributed by atoms with Gasteiger partial charge in [0, 0.05) is 48.5 Å². The number of pyridine rings is 1. The summed E-state index contributed by atoms with van der Waals surface area (Å²) < 4.78 is 51.2. The number of nitrogens with zero attached hydrogens (tertiary/aromatic N) is 2. The lowest BCUT2D eigenvalue weighted by Gasteiger charge is -2.32. The first-order chi connectivity index (χ1) is 20.0. The summed E-state index contributed by atoms with van der Waals surface area (Å²) in [6.07, 6.45) is -1.38. The van der Waals surface area contributed by atoms with Gasteiger partial charge < -0.3 is 15.2 Å². The van der Waals surface area contributed by atoms with Gasteiger partial charge in [-0.2, -0.15) is 13.2 Å². The van der Waals surface area contributed by atoms with E-state index in [1.54, 1.807) is 12.3 Å². The number of aromatic nitrogens is 1. The number of alkyl halides is 3. The summed E-state index contributed by atoms with van der Waals surface area (Å²) in [5.41, 5.74) is 4.30. The van der Waals surface area contributed by atoms with Crippen molar-refractivity contribution in [2.24, 2.45) is 0 Å². The maximum atomic E-state index is 13.1. The predicted molar refractivity (Wildman–Crippen MR) is 150 cm³/mol. The first-order valence-corrected chi connectivity index (χ1v) is 13.2. The van der Waals surface area contributed by atoms with Crippen LogP contribution in [0.25, 0.3) is 10.9 Å². The fourth-order valence-electron chi connectivity index (χ4n) is 4.44. The number of aryl methyl sites for hydroxylation is 1. The molecule has 2 heterocycles. The normalized spacial score (nSPS) is 14.1. The Kier molecular flexibility index (Phi) is 9.74. The molecule has 1 aliphatic heterocycles. The molecule has 5 rings (SSSR count). The van der Waals surface area contributed by atoms with E-state index in [1.165, 1.54) is 12.1 Å². The van der Waals surface area contributed by atoms with Crippen LogP contribution in [0.4, 0.5) is 23.2 Å². The number of hydrogen-bond acceptors (Lipinski definition) is 5. The molecule has 220 valence electrons. The van der Waals surface area contributed by atoms with Crippen molar-refractivity contribution in [3.8, 4) is 5.75 Å². The van der Waals surface area contributed by atoms with Gasteiger partial charge in [0.1, 0.15) is 17.7 Å². The number of carboxylic acids is 1. The summed E-state index contributed by atoms with van der Waals surface area (Å²) in [7, 11) is 0. The number of amides is 1. The monoisotopic (exact) mass is 583 g/mol. The maximum Gasteiger partial charge on any atom is 0.490 e. The molecule has 0 atom stereocenters. The summed E-state index contributed by atoms with van der Waals surface area (Å²) in [5, 5.41) is 11.0. The molecule has 1 fully saturated rings. The van der Waals surface area contributed by atoms with E-state index in [-0.39, 0.29) is 17.8 Å². The highest BCUT2D eigenvalue weighted by Gasteiger charge is 2.38. The fourth-order valence-corrected chi connectivity index (χ4v) is 4.44. The van der Waals surface area contributed by atoms with Crippen molar-refractivity contribution in [1.29, 1.82) is 0 Å². The van der Waals surface area contributed by atoms with E-state index in [2.05, 4.69) is 15.2 Å². The highest BCUT2D eigenvalue weighted by atomic mass is 19.4. The number of aliphatic carboxylic acids is 1. The number of nitrogens with one attached hydrogen (secondary N) is 1. The number of likely N-dealkylation sites (tertiary alicyclic amines) is 1. The Morgan fingerprint density at radius 1 is 1.02 bits per heavy atom. The van der Waals surface area contributed by atoms with Gasteiger partial charge in [-0.3, -0.25) is 14.7 Å². The first-order valence-electron chi connectivity index (χ1n) is 13.2. The highest BCUT2D eigenvalue weighted by Crippen LogP contribution is 2.27. The van der Waals surface area contributed by atoms with Gasteiger partial charge in [-0.25, -0.2) is 9.18 Å². The largest absolute Gasteiger partial charge is 0.490 e. The number of anilines is 1. The van der Waals surface area contributed by atoms with Crippen LogP contribution in [0.15, 0.2) is 79.0 Å². The summed E-state index contributed by atoms with van der Waals surface area (Å²) in [5.74, 6) is -2.33. The van der Waals surface area contributed by atoms with Crippen LogP contribution in [0.3, 0.4) is 0 Å². The van der Waals surface area contributed by atoms with E-state index in [9.17, 15) is 22.4 Å². The molecule has 11 heteroatoms. The SMILES string of the molecule is Cc1ccc(NC(=O)c2ccc3ncccc3c2)cc1OC1CCN(Cc2ccc(F)cc2)CC1.O=C(O)C(F)(F)F. The summed E-state index contributed by atoms with van der Waals surface area (Å²) in [6, 6.07) is 21.8. The van der Waals surface area contributed by atoms with Crippen LogP contribution in [0.1, 0.15) is 34.3 Å². The van der Waals surface area contributed by atoms with Crippen LogP contribution >= 0.6 is 0 Å². The van der Waals surface area contributed by atoms with E-state index in [0.29, 0.717) is 11.3 Å². The Hall–Kier alpha value is -4.51. The lowest BCUT2D eigenvalue weighted by atomic mass is 10.1. The zero-order valence-electron chi connectivity index (χ0n) is 22.7. The minimum Gasteiger partial charge on any atom is -0.490 e. The standard InChI is InChI=1S/C29H28FN3O2.C2HF3O2/c1-20-4-10-25(32-29(34)23-7-11-27-22(17-23)3-2-14-31-27)18-28(20)35-26-12-15-33(16-13-26)19-21-5-8-24(30)9-6-21;3-2(4,5)1(6)7/h2-11,14,17-18,26H,12-13,15-16,19H2,1H3,(H,32,34);(H,6,7). The number of piperidine rings is 1. The minimum absolute atomic E-state index is 0.122. The smallest absolute Gasteiger partial charge is 0.490 e. The third-order valence-corrected chi connectivity index (χ3v) is 6.70. The molecule has 42 heavy (non-hydrogen) atoms. The van der Waals surface area contributed by atoms with Crippen molar-refractivity contribution in [3.05, 3.63) is 102 Å². The number of carbonyl (C=O) groups excluding carboxylic acids is 1. The fraction of sp³-hybridized carbons (Fsp3) is 0.258. The van der Waals surface area contributed by atoms with E-state index < -0.39 is 12.1 Å². The van der Waals surface area contributed by atoms with Crippen molar-refractivity contribution in [3.63, 3.8) is 0 Å². The van der Waals surface area contributed by atoms with E-state index in [4.69, 9.17) is 14.6 Å². The molecule has 0 aliphatic carbocycles. The third kappa shape index (κ3) is 8.50. The molecule has 2 N–H and O–H groups in total. The average molecular weight is 584 g/mol. The highest BCUT2D eigenvalue weighted by molar-refractivity contribution is 6.06. The number of benzene rings is 3. The van der Waals surface area contributed by atoms with Crippen LogP contribution in [-0.4, -0.2) is 52.2 Å². The molecule has 1 saturated heterocycles. The van der Waals surface area contributed by atoms with Crippen molar-refractivity contribution < 1.29 is 37.0 Å². The quantitative estimate of drug-likeness (QED) is 0.248. The Bertz CT molecular complexity index is 1540. The predicted octanol–water partition coefficient (Wildman–Crippen LogP) is 6.61. The zero-order valence-corrected chi connectivity index (χ0v) is 22.7. The van der Waals surface area contributed by atoms with Crippen LogP contribution in [0.5, 0.6) is 5.75 Å². The van der Waals surface area contributed by atoms with Crippen molar-refractivity contribution in [1.82, 2.24) is 9.88 Å². The van der Waals surface area contributed by atoms with Crippen LogP contribution < -0.4 is 10.1 Å². The van der Waals surface area contributed by atoms with Crippen LogP contribution in [-0.2, 0) is 11.3 Å². The molecule has 0 spiro atoms. The van der Waals surface area contributed by atoms with Gasteiger partial charge in [0.15, 0.2) is 0 Å². The van der Waals surface area contributed by atoms with Gasteiger partial charge in [-0.05, 0) is 73.4 Å². The van der Waals surface area contributed by atoms with E-state index >= 15 is 0 Å². The molecular weight excluding hydrogens is 554 g/mol. The Morgan fingerprint density at radius 2 is 1.71 bits per heavy atom. The van der Waals surface area contributed by atoms with Gasteiger partial charge in [-0.15, -0.1) is 0 Å². The van der Waals surface area contributed by atoms with Gasteiger partial charge in [-0.1, -0.05) is 24.3 Å². The Morgan fingerprint density at radius 3 is 2.38 bits per heavy atom. The molecule has 0 bridgehead atoms. The Labute approximate surface area is 239 Å². The van der Waals surface area contributed by atoms with Crippen molar-refractivity contribution in [2.45, 2.75) is 38.6 Å². The molecule has 7 nitrogen and oxygen atoms in total. The topological polar surface area (TPSA) is 91.8 Å². The number of halogens is 4. The minimum atomic E-state index is -5.08. The van der Waals surface area contributed by atoms with E-state index in [0.717, 1.165) is 60.3 Å². The number of fused-ring (bicyclic) bond motifs is 1. The van der Waals surface area contributed by atoms with Crippen molar-refractivity contribution >= 4 is 28.5 Å². The number of ether oxygens (including phenoxy) is 1. The molecule has 4 aromatic rings. The molecule has 0 unspecified atom stereocenters. The maximum absolute atomic E-state index is 13.1. The van der Waals surface area contributed by atoms with Crippen LogP contribution in [0, 0.1) is 12.7 Å². The molecule has 3 aromatic carbocycles. The average Bonchev–Trinajstić information content (AvgIpc) is 2.96. The van der Waals surface area contributed by atoms with Crippen molar-refractivity contribution in [2.75, 3.05) is 18.4 Å². The van der Waals surface area contributed by atoms with Gasteiger partial charge in [0.2, 0.25) is 0 Å². The molecule has 1 amide bonds. The summed E-state index contributed by atoms with van der Waals surface area (Å²) in [6.45, 7) is 4.68. The lowest BCUT2D eigenvalue weighted by Crippen LogP contribution is -2.37. The molecule has 0 saturated carbocycles. The van der Waals surface area contributed by atoms with Gasteiger partial charge >= 0.3 is 12.1 Å². The lowest BCUT2D eigenvalue weighted by molar-refractivity contribution is -0.192. The third-order valence-electron chi connectivity index (χ3n) is 6.70. The second kappa shape index (κ2) is 13.4. The number of hydrogen-bond donors (Lipinski definition) is 2. The molecule has 1 aliphatic rings. The Balaban J connectivity index is 0.000000517. The number of carbonyl (C=O) groups is 2. The number of rotatable bonds is 6. The molecule has 1 aromatic heterocycles. The van der Waals surface area contributed by atoms with Gasteiger partial charge in [0.25, 0.3) is 5.91 Å². The van der Waals surface area contributed by atoms with Gasteiger partial charge in [0.05, 0.1) is 5.52 Å². The summed E-state index contributed by atoms with van der Waals surface area (Å²) >= 11 is 0. The molecule has 0 radical (unpaired) electrons. The second-order valence-electron chi connectivity index (χ2n) is 9.87. The second-order valence-corrected chi connectivity index (χ2v) is 9.87. The molecular formula is C31H29F4N3O4. The zero-order chi connectivity index (χ0) is 30.3.